The number of hydrogen-bond acceptors (Lipinski definition) is 2. The van der Waals surface area contributed by atoms with Crippen LogP contribution in [-0.4, -0.2) is 29.1 Å². The van der Waals surface area contributed by atoms with Gasteiger partial charge in [-0.3, -0.25) is 10.1 Å². The summed E-state index contributed by atoms with van der Waals surface area (Å²) in [6.45, 7) is 8.72. The smallest absolute Gasteiger partial charge is 0.240 e. The predicted molar refractivity (Wildman–Crippen MR) is 64.9 cm³/mol. The van der Waals surface area contributed by atoms with E-state index in [0.717, 1.165) is 11.8 Å². The zero-order chi connectivity index (χ0) is 11.9. The fraction of sp³-hybridized carbons (Fsp3) is 0.923. The summed E-state index contributed by atoms with van der Waals surface area (Å²) in [5.41, 5.74) is 0. The molecule has 3 heteroatoms. The maximum atomic E-state index is 12.1. The maximum absolute atomic E-state index is 12.1. The van der Waals surface area contributed by atoms with Crippen LogP contribution in [0.1, 0.15) is 47.0 Å². The molecule has 1 aliphatic heterocycles. The van der Waals surface area contributed by atoms with Crippen LogP contribution in [0.5, 0.6) is 0 Å². The first kappa shape index (κ1) is 11.9. The predicted octanol–water partition coefficient (Wildman–Crippen LogP) is 1.98. The Bertz CT molecular complexity index is 279. The van der Waals surface area contributed by atoms with Gasteiger partial charge in [-0.15, -0.1) is 0 Å². The molecule has 0 bridgehead atoms. The number of carbonyl (C=O) groups excluding carboxylic acids is 1. The summed E-state index contributed by atoms with van der Waals surface area (Å²) < 4.78 is 0. The molecule has 0 aromatic carbocycles. The first-order chi connectivity index (χ1) is 7.50. The third kappa shape index (κ3) is 1.97. The van der Waals surface area contributed by atoms with E-state index in [2.05, 4.69) is 31.0 Å². The van der Waals surface area contributed by atoms with Gasteiger partial charge >= 0.3 is 0 Å². The standard InChI is InChI=1S/C13H24N2O/c1-8-5-6-12(7-9(8)2)15-11(4)14-10(3)13(15)16/h8-12,14H,5-7H2,1-4H3. The molecule has 1 N–H and O–H groups in total. The summed E-state index contributed by atoms with van der Waals surface area (Å²) in [6, 6.07) is 0.468. The van der Waals surface area contributed by atoms with Gasteiger partial charge < -0.3 is 4.90 Å². The summed E-state index contributed by atoms with van der Waals surface area (Å²) in [5, 5.41) is 3.32. The highest BCUT2D eigenvalue weighted by atomic mass is 16.2. The van der Waals surface area contributed by atoms with Crippen LogP contribution in [-0.2, 0) is 4.79 Å². The van der Waals surface area contributed by atoms with Gasteiger partial charge in [0.05, 0.1) is 12.2 Å². The molecule has 1 saturated carbocycles. The third-order valence-corrected chi connectivity index (χ3v) is 4.50. The zero-order valence-electron chi connectivity index (χ0n) is 10.9. The summed E-state index contributed by atoms with van der Waals surface area (Å²) in [4.78, 5) is 14.2. The minimum Gasteiger partial charge on any atom is -0.323 e. The minimum absolute atomic E-state index is 0.00431. The van der Waals surface area contributed by atoms with Crippen molar-refractivity contribution in [3.8, 4) is 0 Å². The molecule has 3 nitrogen and oxygen atoms in total. The molecule has 1 heterocycles. The maximum Gasteiger partial charge on any atom is 0.240 e. The van der Waals surface area contributed by atoms with Crippen LogP contribution in [0, 0.1) is 11.8 Å². The van der Waals surface area contributed by atoms with Crippen LogP contribution in [0.4, 0.5) is 0 Å². The number of rotatable bonds is 1. The van der Waals surface area contributed by atoms with E-state index in [1.165, 1.54) is 19.3 Å². The molecular weight excluding hydrogens is 200 g/mol. The van der Waals surface area contributed by atoms with Crippen LogP contribution in [0.15, 0.2) is 0 Å². The quantitative estimate of drug-likeness (QED) is 0.738. The number of amides is 1. The topological polar surface area (TPSA) is 32.3 Å². The van der Waals surface area contributed by atoms with Crippen molar-refractivity contribution in [3.05, 3.63) is 0 Å². The molecule has 0 aromatic heterocycles. The van der Waals surface area contributed by atoms with Gasteiger partial charge in [-0.2, -0.15) is 0 Å². The van der Waals surface area contributed by atoms with E-state index >= 15 is 0 Å². The van der Waals surface area contributed by atoms with Crippen LogP contribution < -0.4 is 5.32 Å². The van der Waals surface area contributed by atoms with E-state index in [-0.39, 0.29) is 12.2 Å². The SMILES string of the molecule is CC1NC(C)N(C2CCC(C)C(C)C2)C1=O. The average Bonchev–Trinajstić information content (AvgIpc) is 2.47. The Labute approximate surface area is 98.6 Å². The van der Waals surface area contributed by atoms with E-state index in [1.807, 2.05) is 6.92 Å². The van der Waals surface area contributed by atoms with Gasteiger partial charge in [-0.1, -0.05) is 13.8 Å². The largest absolute Gasteiger partial charge is 0.323 e. The van der Waals surface area contributed by atoms with Gasteiger partial charge in [-0.05, 0) is 44.9 Å². The lowest BCUT2D eigenvalue weighted by Gasteiger charge is -2.39. The van der Waals surface area contributed by atoms with Crippen molar-refractivity contribution in [1.29, 1.82) is 0 Å². The lowest BCUT2D eigenvalue weighted by atomic mass is 9.78. The molecule has 92 valence electrons. The van der Waals surface area contributed by atoms with Crippen molar-refractivity contribution in [2.75, 3.05) is 0 Å². The van der Waals surface area contributed by atoms with E-state index in [4.69, 9.17) is 0 Å². The number of nitrogens with zero attached hydrogens (tertiary/aromatic N) is 1. The Morgan fingerprint density at radius 3 is 2.31 bits per heavy atom. The minimum atomic E-state index is 0.00431. The van der Waals surface area contributed by atoms with E-state index < -0.39 is 0 Å². The molecule has 5 unspecified atom stereocenters. The first-order valence-electron chi connectivity index (χ1n) is 6.59. The fourth-order valence-electron chi connectivity index (χ4n) is 3.20. The Hall–Kier alpha value is -0.570. The number of nitrogens with one attached hydrogen (secondary N) is 1. The van der Waals surface area contributed by atoms with Crippen LogP contribution in [0.25, 0.3) is 0 Å². The first-order valence-corrected chi connectivity index (χ1v) is 6.59. The monoisotopic (exact) mass is 224 g/mol. The lowest BCUT2D eigenvalue weighted by Crippen LogP contribution is -2.46. The number of hydrogen-bond donors (Lipinski definition) is 1. The molecule has 1 aliphatic carbocycles. The Morgan fingerprint density at radius 2 is 1.81 bits per heavy atom. The van der Waals surface area contributed by atoms with Crippen LogP contribution in [0.2, 0.25) is 0 Å². The number of carbonyl (C=O) groups is 1. The van der Waals surface area contributed by atoms with Crippen molar-refractivity contribution >= 4 is 5.91 Å². The molecule has 2 rings (SSSR count). The van der Waals surface area contributed by atoms with Crippen LogP contribution >= 0.6 is 0 Å². The average molecular weight is 224 g/mol. The van der Waals surface area contributed by atoms with Gasteiger partial charge in [0.15, 0.2) is 0 Å². The third-order valence-electron chi connectivity index (χ3n) is 4.50. The molecule has 0 spiro atoms. The Morgan fingerprint density at radius 1 is 1.12 bits per heavy atom. The molecule has 1 amide bonds. The molecule has 1 saturated heterocycles. The second-order valence-corrected chi connectivity index (χ2v) is 5.73. The second kappa shape index (κ2) is 4.36. The normalized spacial score (nSPS) is 45.1. The molecular formula is C13H24N2O. The molecule has 16 heavy (non-hydrogen) atoms. The highest BCUT2D eigenvalue weighted by Crippen LogP contribution is 2.33. The van der Waals surface area contributed by atoms with Gasteiger partial charge in [0, 0.05) is 6.04 Å². The Balaban J connectivity index is 2.05. The fourth-order valence-corrected chi connectivity index (χ4v) is 3.20. The highest BCUT2D eigenvalue weighted by molar-refractivity contribution is 5.84. The summed E-state index contributed by atoms with van der Waals surface area (Å²) in [6.07, 6.45) is 3.83. The molecule has 5 atom stereocenters. The summed E-state index contributed by atoms with van der Waals surface area (Å²) in [7, 11) is 0. The molecule has 0 aromatic rings. The molecule has 0 radical (unpaired) electrons. The van der Waals surface area contributed by atoms with Crippen molar-refractivity contribution in [2.24, 2.45) is 11.8 Å². The highest BCUT2D eigenvalue weighted by Gasteiger charge is 2.40. The van der Waals surface area contributed by atoms with Gasteiger partial charge in [0.25, 0.3) is 0 Å². The zero-order valence-corrected chi connectivity index (χ0v) is 10.9. The lowest BCUT2D eigenvalue weighted by molar-refractivity contribution is -0.133. The summed E-state index contributed by atoms with van der Waals surface area (Å²) in [5.74, 6) is 1.85. The van der Waals surface area contributed by atoms with Gasteiger partial charge in [-0.25, -0.2) is 0 Å². The second-order valence-electron chi connectivity index (χ2n) is 5.73. The van der Waals surface area contributed by atoms with Gasteiger partial charge in [0.1, 0.15) is 0 Å². The van der Waals surface area contributed by atoms with E-state index in [9.17, 15) is 4.79 Å². The van der Waals surface area contributed by atoms with Crippen molar-refractivity contribution in [1.82, 2.24) is 10.2 Å². The van der Waals surface area contributed by atoms with Crippen molar-refractivity contribution in [3.63, 3.8) is 0 Å². The van der Waals surface area contributed by atoms with Crippen molar-refractivity contribution in [2.45, 2.75) is 65.2 Å². The van der Waals surface area contributed by atoms with Crippen molar-refractivity contribution < 1.29 is 4.79 Å². The summed E-state index contributed by atoms with van der Waals surface area (Å²) >= 11 is 0. The van der Waals surface area contributed by atoms with E-state index in [0.29, 0.717) is 11.9 Å². The van der Waals surface area contributed by atoms with Gasteiger partial charge in [0.2, 0.25) is 5.91 Å². The molecule has 2 fully saturated rings. The Kier molecular flexibility index (Phi) is 3.24. The van der Waals surface area contributed by atoms with Crippen LogP contribution in [0.3, 0.4) is 0 Å². The molecule has 2 aliphatic rings. The van der Waals surface area contributed by atoms with E-state index in [1.54, 1.807) is 0 Å².